The first-order valence-electron chi connectivity index (χ1n) is 9.06. The number of anilines is 1. The van der Waals surface area contributed by atoms with Gasteiger partial charge in [-0.1, -0.05) is 30.0 Å². The Hall–Kier alpha value is -3.18. The van der Waals surface area contributed by atoms with Crippen molar-refractivity contribution in [3.05, 3.63) is 60.4 Å². The fourth-order valence-corrected chi connectivity index (χ4v) is 3.71. The lowest BCUT2D eigenvalue weighted by Crippen LogP contribution is -2.37. The average Bonchev–Trinajstić information content (AvgIpc) is 3.09. The molecule has 0 radical (unpaired) electrons. The van der Waals surface area contributed by atoms with Crippen molar-refractivity contribution >= 4 is 23.4 Å². The molecule has 1 amide bonds. The molecular weight excluding hydrogens is 389 g/mol. The molecule has 0 saturated heterocycles. The summed E-state index contributed by atoms with van der Waals surface area (Å²) < 4.78 is 14.9. The van der Waals surface area contributed by atoms with E-state index in [0.717, 1.165) is 11.3 Å². The van der Waals surface area contributed by atoms with Gasteiger partial charge in [-0.15, -0.1) is 10.2 Å². The first-order valence-corrected chi connectivity index (χ1v) is 9.94. The number of halogens is 1. The number of hydrogen-bond acceptors (Lipinski definition) is 5. The lowest BCUT2D eigenvalue weighted by Gasteiger charge is -2.24. The molecule has 0 N–H and O–H groups in total. The highest BCUT2D eigenvalue weighted by Gasteiger charge is 2.25. The van der Waals surface area contributed by atoms with Crippen LogP contribution in [0.5, 0.6) is 0 Å². The number of para-hydroxylation sites is 1. The summed E-state index contributed by atoms with van der Waals surface area (Å²) >= 11 is 1.29. The zero-order valence-corrected chi connectivity index (χ0v) is 16.9. The summed E-state index contributed by atoms with van der Waals surface area (Å²) in [6.07, 6.45) is 0.247. The largest absolute Gasteiger partial charge is 0.310 e. The smallest absolute Gasteiger partial charge is 0.240 e. The predicted octanol–water partition coefficient (Wildman–Crippen LogP) is 4.05. The molecule has 0 aliphatic heterocycles. The van der Waals surface area contributed by atoms with Crippen LogP contribution in [0.2, 0.25) is 0 Å². The lowest BCUT2D eigenvalue weighted by molar-refractivity contribution is -0.117. The van der Waals surface area contributed by atoms with Crippen LogP contribution < -0.4 is 4.90 Å². The standard InChI is InChI=1S/C21H20FN5OS/c1-15(20(28)27(14-6-13-23)18-7-4-3-5-8-18)29-21-25-24-19(26(21)2)16-9-11-17(22)12-10-16/h3-5,7-12,15H,6,14H2,1-2H3/t15-/m1/s1. The minimum Gasteiger partial charge on any atom is -0.310 e. The van der Waals surface area contributed by atoms with Crippen LogP contribution in [0, 0.1) is 17.1 Å². The van der Waals surface area contributed by atoms with Crippen molar-refractivity contribution in [2.45, 2.75) is 23.8 Å². The average molecular weight is 409 g/mol. The number of nitriles is 1. The lowest BCUT2D eigenvalue weighted by atomic mass is 10.2. The quantitative estimate of drug-likeness (QED) is 0.551. The van der Waals surface area contributed by atoms with Gasteiger partial charge in [0.25, 0.3) is 0 Å². The van der Waals surface area contributed by atoms with Gasteiger partial charge in [-0.2, -0.15) is 5.26 Å². The number of amides is 1. The maximum absolute atomic E-state index is 13.2. The van der Waals surface area contributed by atoms with Gasteiger partial charge in [-0.3, -0.25) is 4.79 Å². The highest BCUT2D eigenvalue weighted by molar-refractivity contribution is 8.00. The number of aromatic nitrogens is 3. The van der Waals surface area contributed by atoms with Crippen LogP contribution in [-0.4, -0.2) is 32.5 Å². The van der Waals surface area contributed by atoms with Crippen LogP contribution in [-0.2, 0) is 11.8 Å². The van der Waals surface area contributed by atoms with Crippen molar-refractivity contribution in [2.24, 2.45) is 7.05 Å². The number of hydrogen-bond donors (Lipinski definition) is 0. The Morgan fingerprint density at radius 1 is 1.21 bits per heavy atom. The van der Waals surface area contributed by atoms with Crippen LogP contribution in [0.25, 0.3) is 11.4 Å². The molecule has 0 aliphatic rings. The summed E-state index contributed by atoms with van der Waals surface area (Å²) in [6, 6.07) is 17.4. The molecule has 0 unspecified atom stereocenters. The van der Waals surface area contributed by atoms with Crippen molar-refractivity contribution < 1.29 is 9.18 Å². The first-order chi connectivity index (χ1) is 14.0. The highest BCUT2D eigenvalue weighted by atomic mass is 32.2. The monoisotopic (exact) mass is 409 g/mol. The number of rotatable bonds is 7. The number of carbonyl (C=O) groups is 1. The van der Waals surface area contributed by atoms with Gasteiger partial charge in [0.2, 0.25) is 5.91 Å². The Kier molecular flexibility index (Phi) is 6.62. The molecule has 1 aromatic heterocycles. The van der Waals surface area contributed by atoms with E-state index in [2.05, 4.69) is 16.3 Å². The molecule has 3 rings (SSSR count). The van der Waals surface area contributed by atoms with Crippen LogP contribution in [0.3, 0.4) is 0 Å². The Morgan fingerprint density at radius 3 is 2.55 bits per heavy atom. The SMILES string of the molecule is C[C@@H](Sc1nnc(-c2ccc(F)cc2)n1C)C(=O)N(CCC#N)c1ccccc1. The van der Waals surface area contributed by atoms with E-state index in [-0.39, 0.29) is 18.1 Å². The van der Waals surface area contributed by atoms with Crippen molar-refractivity contribution in [2.75, 3.05) is 11.4 Å². The van der Waals surface area contributed by atoms with Crippen LogP contribution in [0.1, 0.15) is 13.3 Å². The van der Waals surface area contributed by atoms with E-state index in [1.165, 1.54) is 23.9 Å². The van der Waals surface area contributed by atoms with Gasteiger partial charge in [-0.25, -0.2) is 4.39 Å². The van der Waals surface area contributed by atoms with Gasteiger partial charge in [0.05, 0.1) is 17.7 Å². The zero-order valence-electron chi connectivity index (χ0n) is 16.1. The Morgan fingerprint density at radius 2 is 1.90 bits per heavy atom. The number of nitrogens with zero attached hydrogens (tertiary/aromatic N) is 5. The van der Waals surface area contributed by atoms with Gasteiger partial charge in [0.1, 0.15) is 5.82 Å². The molecule has 29 heavy (non-hydrogen) atoms. The summed E-state index contributed by atoms with van der Waals surface area (Å²) in [5.74, 6) is 0.169. The van der Waals surface area contributed by atoms with E-state index < -0.39 is 5.25 Å². The second-order valence-corrected chi connectivity index (χ2v) is 7.67. The number of benzene rings is 2. The molecule has 0 spiro atoms. The van der Waals surface area contributed by atoms with Gasteiger partial charge in [0.15, 0.2) is 11.0 Å². The van der Waals surface area contributed by atoms with Crippen molar-refractivity contribution in [3.63, 3.8) is 0 Å². The summed E-state index contributed by atoms with van der Waals surface area (Å²) in [6.45, 7) is 2.13. The maximum atomic E-state index is 13.2. The predicted molar refractivity (Wildman–Crippen MR) is 111 cm³/mol. The van der Waals surface area contributed by atoms with E-state index in [1.807, 2.05) is 44.3 Å². The van der Waals surface area contributed by atoms with Crippen LogP contribution in [0.4, 0.5) is 10.1 Å². The summed E-state index contributed by atoms with van der Waals surface area (Å²) in [5, 5.41) is 17.5. The topological polar surface area (TPSA) is 74.8 Å². The molecule has 0 saturated carbocycles. The van der Waals surface area contributed by atoms with Crippen LogP contribution >= 0.6 is 11.8 Å². The third-order valence-corrected chi connectivity index (χ3v) is 5.47. The molecule has 3 aromatic rings. The molecule has 1 heterocycles. The molecule has 2 aromatic carbocycles. The normalized spacial score (nSPS) is 11.7. The second-order valence-electron chi connectivity index (χ2n) is 6.37. The van der Waals surface area contributed by atoms with E-state index in [1.54, 1.807) is 21.6 Å². The Labute approximate surface area is 173 Å². The van der Waals surface area contributed by atoms with Gasteiger partial charge in [-0.05, 0) is 43.3 Å². The first kappa shape index (κ1) is 20.6. The van der Waals surface area contributed by atoms with Gasteiger partial charge in [0, 0.05) is 24.8 Å². The van der Waals surface area contributed by atoms with E-state index in [9.17, 15) is 9.18 Å². The summed E-state index contributed by atoms with van der Waals surface area (Å²) in [7, 11) is 1.81. The molecule has 0 bridgehead atoms. The van der Waals surface area contributed by atoms with Crippen LogP contribution in [0.15, 0.2) is 59.8 Å². The summed E-state index contributed by atoms with van der Waals surface area (Å²) in [4.78, 5) is 14.7. The Bertz CT molecular complexity index is 1010. The molecule has 0 aliphatic carbocycles. The van der Waals surface area contributed by atoms with Crippen molar-refractivity contribution in [1.29, 1.82) is 5.26 Å². The third-order valence-electron chi connectivity index (χ3n) is 4.35. The fourth-order valence-electron chi connectivity index (χ4n) is 2.83. The van der Waals surface area contributed by atoms with Crippen molar-refractivity contribution in [1.82, 2.24) is 14.8 Å². The minimum atomic E-state index is -0.433. The molecular formula is C21H20FN5OS. The second kappa shape index (κ2) is 9.34. The minimum absolute atomic E-state index is 0.109. The molecule has 0 fully saturated rings. The number of carbonyl (C=O) groups excluding carboxylic acids is 1. The highest BCUT2D eigenvalue weighted by Crippen LogP contribution is 2.28. The molecule has 148 valence electrons. The van der Waals surface area contributed by atoms with E-state index in [0.29, 0.717) is 17.5 Å². The maximum Gasteiger partial charge on any atom is 0.240 e. The molecule has 6 nitrogen and oxygen atoms in total. The van der Waals surface area contributed by atoms with Gasteiger partial charge >= 0.3 is 0 Å². The fraction of sp³-hybridized carbons (Fsp3) is 0.238. The van der Waals surface area contributed by atoms with E-state index >= 15 is 0 Å². The molecule has 1 atom stereocenters. The third kappa shape index (κ3) is 4.81. The number of thioether (sulfide) groups is 1. The van der Waals surface area contributed by atoms with Crippen molar-refractivity contribution in [3.8, 4) is 17.5 Å². The Balaban J connectivity index is 1.78. The summed E-state index contributed by atoms with van der Waals surface area (Å²) in [5.41, 5.74) is 1.50. The molecule has 8 heteroatoms. The zero-order chi connectivity index (χ0) is 20.8. The van der Waals surface area contributed by atoms with Gasteiger partial charge < -0.3 is 9.47 Å². The van der Waals surface area contributed by atoms with E-state index in [4.69, 9.17) is 5.26 Å².